The number of aliphatic hydroxyl groups excluding tert-OH is 1. The van der Waals surface area contributed by atoms with Crippen molar-refractivity contribution in [2.24, 2.45) is 23.7 Å². The molecule has 0 aliphatic heterocycles. The van der Waals surface area contributed by atoms with Crippen molar-refractivity contribution in [2.45, 2.75) is 414 Å². The predicted molar refractivity (Wildman–Crippen MR) is 395 cm³/mol. The van der Waals surface area contributed by atoms with E-state index in [4.69, 9.17) is 37.0 Å². The zero-order valence-corrected chi connectivity index (χ0v) is 65.5. The van der Waals surface area contributed by atoms with Gasteiger partial charge in [-0.1, -0.05) is 344 Å². The van der Waals surface area contributed by atoms with E-state index in [1.54, 1.807) is 0 Å². The molecule has 0 aliphatic carbocycles. The minimum atomic E-state index is -4.96. The molecule has 0 bridgehead atoms. The Morgan fingerprint density at radius 3 is 0.732 bits per heavy atom. The molecular formula is C78H152O17P2. The monoisotopic (exact) mass is 1420 g/mol. The third kappa shape index (κ3) is 69.5. The van der Waals surface area contributed by atoms with E-state index in [1.165, 1.54) is 193 Å². The third-order valence-electron chi connectivity index (χ3n) is 18.8. The molecule has 0 radical (unpaired) electrons. The summed E-state index contributed by atoms with van der Waals surface area (Å²) in [5, 5.41) is 10.6. The van der Waals surface area contributed by atoms with Crippen LogP contribution in [0.25, 0.3) is 0 Å². The molecule has 0 saturated carbocycles. The Labute approximate surface area is 594 Å². The van der Waals surface area contributed by atoms with E-state index in [0.29, 0.717) is 25.7 Å². The average Bonchev–Trinajstić information content (AvgIpc) is 3.53. The zero-order valence-electron chi connectivity index (χ0n) is 63.7. The molecule has 0 amide bonds. The molecule has 0 aromatic rings. The van der Waals surface area contributed by atoms with Crippen LogP contribution in [0.5, 0.6) is 0 Å². The highest BCUT2D eigenvalue weighted by Crippen LogP contribution is 2.45. The van der Waals surface area contributed by atoms with Gasteiger partial charge in [0.2, 0.25) is 0 Å². The van der Waals surface area contributed by atoms with Gasteiger partial charge in [-0.3, -0.25) is 37.3 Å². The number of carbonyl (C=O) groups is 4. The lowest BCUT2D eigenvalue weighted by molar-refractivity contribution is -0.161. The van der Waals surface area contributed by atoms with E-state index in [2.05, 4.69) is 55.4 Å². The average molecular weight is 1420 g/mol. The Morgan fingerprint density at radius 1 is 0.289 bits per heavy atom. The van der Waals surface area contributed by atoms with Crippen LogP contribution >= 0.6 is 15.6 Å². The van der Waals surface area contributed by atoms with Crippen molar-refractivity contribution in [3.05, 3.63) is 0 Å². The molecule has 4 unspecified atom stereocenters. The number of hydrogen-bond donors (Lipinski definition) is 3. The molecule has 0 rings (SSSR count). The van der Waals surface area contributed by atoms with Gasteiger partial charge in [0.05, 0.1) is 26.4 Å². The standard InChI is InChI=1S/C78H152O17P2/c1-9-70(7)56-48-40-32-26-19-15-11-12-16-20-27-33-42-50-58-75(80)88-64-73(94-78(83)61-53-45-35-29-23-22-25-31-39-47-55-69(5)6)66-92-96(84,85)90-62-72(79)63-91-97(86,87)93-67-74(65-89-76(81)59-51-43-37-36-41-49-57-71(8)10-2)95-77(82)60-52-44-34-28-21-17-13-14-18-24-30-38-46-54-68(3)4/h68-74,79H,9-67H2,1-8H3,(H,84,85)(H,86,87)/t70?,71?,72-,73-,74-/m1/s1. The molecule has 0 heterocycles. The van der Waals surface area contributed by atoms with Crippen LogP contribution in [0.2, 0.25) is 0 Å². The van der Waals surface area contributed by atoms with Gasteiger partial charge in [0.25, 0.3) is 0 Å². The SMILES string of the molecule is CCC(C)CCCCCCCCCCCCCCCCC(=O)OC[C@H](COP(=O)(O)OC[C@@H](O)COP(=O)(O)OC[C@@H](COC(=O)CCCCCCCCC(C)CC)OC(=O)CCCCCCCCCCCCCCCC(C)C)OC(=O)CCCCCCCCCCCCC(C)C. The van der Waals surface area contributed by atoms with Crippen LogP contribution in [0.15, 0.2) is 0 Å². The van der Waals surface area contributed by atoms with Crippen LogP contribution in [0.1, 0.15) is 396 Å². The van der Waals surface area contributed by atoms with Crippen molar-refractivity contribution in [1.29, 1.82) is 0 Å². The van der Waals surface area contributed by atoms with E-state index in [0.717, 1.165) is 120 Å². The molecule has 0 aromatic carbocycles. The van der Waals surface area contributed by atoms with Crippen molar-refractivity contribution < 1.29 is 80.2 Å². The Kier molecular flexibility index (Phi) is 65.9. The second kappa shape index (κ2) is 67.2. The largest absolute Gasteiger partial charge is 0.472 e. The van der Waals surface area contributed by atoms with Crippen molar-refractivity contribution >= 4 is 39.5 Å². The molecule has 0 fully saturated rings. The van der Waals surface area contributed by atoms with Gasteiger partial charge in [0.15, 0.2) is 12.2 Å². The Balaban J connectivity index is 5.24. The number of hydrogen-bond acceptors (Lipinski definition) is 15. The Morgan fingerprint density at radius 2 is 0.495 bits per heavy atom. The normalized spacial score (nSPS) is 14.6. The van der Waals surface area contributed by atoms with Gasteiger partial charge in [0.1, 0.15) is 19.3 Å². The first-order valence-electron chi connectivity index (χ1n) is 40.3. The van der Waals surface area contributed by atoms with Crippen LogP contribution in [-0.4, -0.2) is 96.7 Å². The Bertz CT molecular complexity index is 1910. The summed E-state index contributed by atoms with van der Waals surface area (Å²) in [5.41, 5.74) is 0. The van der Waals surface area contributed by atoms with E-state index in [-0.39, 0.29) is 25.7 Å². The number of ether oxygens (including phenoxy) is 4. The van der Waals surface area contributed by atoms with Crippen LogP contribution in [0.3, 0.4) is 0 Å². The molecule has 0 aromatic heterocycles. The third-order valence-corrected chi connectivity index (χ3v) is 20.7. The van der Waals surface area contributed by atoms with Crippen LogP contribution in [-0.2, 0) is 65.4 Å². The lowest BCUT2D eigenvalue weighted by atomic mass is 9.99. The number of esters is 4. The van der Waals surface area contributed by atoms with E-state index in [1.807, 2.05) is 0 Å². The first kappa shape index (κ1) is 95.1. The maximum atomic E-state index is 13.1. The second-order valence-electron chi connectivity index (χ2n) is 29.5. The van der Waals surface area contributed by atoms with Crippen molar-refractivity contribution in [1.82, 2.24) is 0 Å². The number of rotatable bonds is 75. The molecule has 0 spiro atoms. The summed E-state index contributed by atoms with van der Waals surface area (Å²) in [4.78, 5) is 72.9. The Hall–Kier alpha value is -1.94. The van der Waals surface area contributed by atoms with E-state index < -0.39 is 97.5 Å². The minimum absolute atomic E-state index is 0.106. The molecule has 0 saturated heterocycles. The van der Waals surface area contributed by atoms with E-state index in [9.17, 15) is 43.2 Å². The highest BCUT2D eigenvalue weighted by molar-refractivity contribution is 7.47. The van der Waals surface area contributed by atoms with Gasteiger partial charge >= 0.3 is 39.5 Å². The van der Waals surface area contributed by atoms with Gasteiger partial charge in [0, 0.05) is 25.7 Å². The summed E-state index contributed by atoms with van der Waals surface area (Å²) in [5.74, 6) is 1.00. The van der Waals surface area contributed by atoms with Crippen LogP contribution in [0.4, 0.5) is 0 Å². The van der Waals surface area contributed by atoms with E-state index >= 15 is 0 Å². The number of phosphoric acid groups is 2. The summed E-state index contributed by atoms with van der Waals surface area (Å²) in [6, 6.07) is 0. The summed E-state index contributed by atoms with van der Waals surface area (Å²) >= 11 is 0. The number of carbonyl (C=O) groups excluding carboxylic acids is 4. The molecule has 19 heteroatoms. The lowest BCUT2D eigenvalue weighted by Crippen LogP contribution is -2.30. The molecule has 17 nitrogen and oxygen atoms in total. The zero-order chi connectivity index (χ0) is 71.7. The van der Waals surface area contributed by atoms with Gasteiger partial charge in [-0.2, -0.15) is 0 Å². The topological polar surface area (TPSA) is 237 Å². The quantitative estimate of drug-likeness (QED) is 0.0222. The van der Waals surface area contributed by atoms with Crippen LogP contribution < -0.4 is 0 Å². The highest BCUT2D eigenvalue weighted by atomic mass is 31.2. The fourth-order valence-electron chi connectivity index (χ4n) is 11.8. The van der Waals surface area contributed by atoms with Gasteiger partial charge in [-0.25, -0.2) is 9.13 Å². The summed E-state index contributed by atoms with van der Waals surface area (Å²) in [6.45, 7) is 14.2. The molecule has 7 atom stereocenters. The smallest absolute Gasteiger partial charge is 0.462 e. The predicted octanol–water partition coefficient (Wildman–Crippen LogP) is 22.8. The van der Waals surface area contributed by atoms with Crippen LogP contribution in [0, 0.1) is 23.7 Å². The molecule has 576 valence electrons. The fraction of sp³-hybridized carbons (Fsp3) is 0.949. The van der Waals surface area contributed by atoms with Crippen molar-refractivity contribution in [2.75, 3.05) is 39.6 Å². The molecule has 3 N–H and O–H groups in total. The fourth-order valence-corrected chi connectivity index (χ4v) is 13.4. The molecular weight excluding hydrogens is 1270 g/mol. The maximum absolute atomic E-state index is 13.1. The van der Waals surface area contributed by atoms with Gasteiger partial charge < -0.3 is 33.8 Å². The maximum Gasteiger partial charge on any atom is 0.472 e. The number of phosphoric ester groups is 2. The first-order chi connectivity index (χ1) is 46.7. The molecule has 97 heavy (non-hydrogen) atoms. The second-order valence-corrected chi connectivity index (χ2v) is 32.4. The summed E-state index contributed by atoms with van der Waals surface area (Å²) in [7, 11) is -9.92. The highest BCUT2D eigenvalue weighted by Gasteiger charge is 2.30. The number of aliphatic hydroxyl groups is 1. The van der Waals surface area contributed by atoms with Gasteiger partial charge in [-0.15, -0.1) is 0 Å². The number of unbranched alkanes of at least 4 members (excludes halogenated alkanes) is 39. The van der Waals surface area contributed by atoms with Crippen molar-refractivity contribution in [3.8, 4) is 0 Å². The first-order valence-corrected chi connectivity index (χ1v) is 43.3. The van der Waals surface area contributed by atoms with Crippen molar-refractivity contribution in [3.63, 3.8) is 0 Å². The summed E-state index contributed by atoms with van der Waals surface area (Å²) in [6.07, 6.45) is 52.7. The van der Waals surface area contributed by atoms with Gasteiger partial charge in [-0.05, 0) is 49.4 Å². The lowest BCUT2D eigenvalue weighted by Gasteiger charge is -2.21. The minimum Gasteiger partial charge on any atom is -0.462 e. The molecule has 0 aliphatic rings. The summed E-state index contributed by atoms with van der Waals surface area (Å²) < 4.78 is 68.6.